The zero-order chi connectivity index (χ0) is 17.2. The van der Waals surface area contributed by atoms with Crippen molar-refractivity contribution in [3.05, 3.63) is 22.2 Å². The van der Waals surface area contributed by atoms with Crippen molar-refractivity contribution in [3.8, 4) is 5.75 Å². The molecule has 0 spiro atoms. The number of hydrogen-bond acceptors (Lipinski definition) is 5. The van der Waals surface area contributed by atoms with Gasteiger partial charge in [-0.25, -0.2) is 4.79 Å². The largest absolute Gasteiger partial charge is 0.507 e. The predicted octanol–water partition coefficient (Wildman–Crippen LogP) is 3.02. The molecule has 1 fully saturated rings. The highest BCUT2D eigenvalue weighted by Gasteiger charge is 2.26. The number of halogens is 1. The predicted molar refractivity (Wildman–Crippen MR) is 91.2 cm³/mol. The van der Waals surface area contributed by atoms with Gasteiger partial charge in [0, 0.05) is 36.7 Å². The smallest absolute Gasteiger partial charge is 0.410 e. The molecule has 1 saturated heterocycles. The number of ether oxygens (including phenoxy) is 1. The molecule has 6 nitrogen and oxygen atoms in total. The van der Waals surface area contributed by atoms with Gasteiger partial charge in [0.05, 0.1) is 11.3 Å². The Balaban J connectivity index is 2.03. The second-order valence-corrected chi connectivity index (χ2v) is 7.29. The number of carbonyl (C=O) groups is 2. The molecule has 1 aliphatic rings. The summed E-state index contributed by atoms with van der Waals surface area (Å²) in [6.45, 7) is 7.85. The molecular weight excluding hydrogens is 364 g/mol. The minimum absolute atomic E-state index is 0.0484. The van der Waals surface area contributed by atoms with Crippen LogP contribution in [0.15, 0.2) is 16.6 Å². The summed E-state index contributed by atoms with van der Waals surface area (Å²) in [6, 6.07) is 3.16. The van der Waals surface area contributed by atoms with Crippen LogP contribution >= 0.6 is 15.9 Å². The minimum Gasteiger partial charge on any atom is -0.507 e. The van der Waals surface area contributed by atoms with Gasteiger partial charge in [0.15, 0.2) is 6.29 Å². The molecule has 1 heterocycles. The van der Waals surface area contributed by atoms with Crippen molar-refractivity contribution >= 4 is 34.0 Å². The maximum absolute atomic E-state index is 12.1. The number of hydrogen-bond donors (Lipinski definition) is 1. The molecule has 0 aliphatic carbocycles. The number of phenols is 1. The molecule has 126 valence electrons. The van der Waals surface area contributed by atoms with Crippen LogP contribution < -0.4 is 4.90 Å². The van der Waals surface area contributed by atoms with E-state index in [9.17, 15) is 14.7 Å². The van der Waals surface area contributed by atoms with Crippen LogP contribution in [0.25, 0.3) is 0 Å². The van der Waals surface area contributed by atoms with Gasteiger partial charge < -0.3 is 19.6 Å². The van der Waals surface area contributed by atoms with E-state index in [0.717, 1.165) is 10.2 Å². The first-order chi connectivity index (χ1) is 10.7. The topological polar surface area (TPSA) is 70.1 Å². The molecule has 7 heteroatoms. The first-order valence-electron chi connectivity index (χ1n) is 7.42. The van der Waals surface area contributed by atoms with E-state index in [2.05, 4.69) is 20.8 Å². The van der Waals surface area contributed by atoms with Crippen molar-refractivity contribution in [2.24, 2.45) is 0 Å². The van der Waals surface area contributed by atoms with Gasteiger partial charge in [-0.05, 0) is 42.8 Å². The van der Waals surface area contributed by atoms with Gasteiger partial charge in [0.1, 0.15) is 11.4 Å². The molecule has 23 heavy (non-hydrogen) atoms. The second kappa shape index (κ2) is 6.78. The molecule has 2 rings (SSSR count). The number of aldehydes is 1. The molecule has 1 aliphatic heterocycles. The summed E-state index contributed by atoms with van der Waals surface area (Å²) in [4.78, 5) is 26.6. The van der Waals surface area contributed by atoms with Crippen LogP contribution in [0.5, 0.6) is 5.75 Å². The van der Waals surface area contributed by atoms with Crippen molar-refractivity contribution in [1.29, 1.82) is 0 Å². The monoisotopic (exact) mass is 384 g/mol. The van der Waals surface area contributed by atoms with E-state index in [1.807, 2.05) is 20.8 Å². The lowest BCUT2D eigenvalue weighted by Crippen LogP contribution is -2.50. The fraction of sp³-hybridized carbons (Fsp3) is 0.500. The van der Waals surface area contributed by atoms with Crippen molar-refractivity contribution in [2.45, 2.75) is 26.4 Å². The number of nitrogens with zero attached hydrogens (tertiary/aromatic N) is 2. The van der Waals surface area contributed by atoms with Gasteiger partial charge >= 0.3 is 6.09 Å². The Kier molecular flexibility index (Phi) is 5.19. The Morgan fingerprint density at radius 3 is 2.39 bits per heavy atom. The van der Waals surface area contributed by atoms with Gasteiger partial charge in [-0.2, -0.15) is 0 Å². The lowest BCUT2D eigenvalue weighted by Gasteiger charge is -2.37. The maximum atomic E-state index is 12.1. The molecule has 1 N–H and O–H groups in total. The quantitative estimate of drug-likeness (QED) is 0.793. The van der Waals surface area contributed by atoms with Crippen LogP contribution in [0.2, 0.25) is 0 Å². The first-order valence-corrected chi connectivity index (χ1v) is 8.21. The lowest BCUT2D eigenvalue weighted by atomic mass is 10.1. The SMILES string of the molecule is CC(C)(C)OC(=O)N1CCN(c2cc(O)c(C=O)cc2Br)CC1. The molecule has 0 bridgehead atoms. The zero-order valence-corrected chi connectivity index (χ0v) is 15.1. The van der Waals surface area contributed by atoms with Crippen molar-refractivity contribution < 1.29 is 19.4 Å². The number of piperazine rings is 1. The third-order valence-corrected chi connectivity index (χ3v) is 4.13. The van der Waals surface area contributed by atoms with Crippen molar-refractivity contribution in [2.75, 3.05) is 31.1 Å². The van der Waals surface area contributed by atoms with Gasteiger partial charge in [-0.3, -0.25) is 4.79 Å². The van der Waals surface area contributed by atoms with Gasteiger partial charge in [-0.1, -0.05) is 0 Å². The average Bonchev–Trinajstić information content (AvgIpc) is 2.47. The molecule has 0 unspecified atom stereocenters. The first kappa shape index (κ1) is 17.6. The lowest BCUT2D eigenvalue weighted by molar-refractivity contribution is 0.0240. The number of carbonyl (C=O) groups excluding carboxylic acids is 2. The summed E-state index contributed by atoms with van der Waals surface area (Å²) in [7, 11) is 0. The van der Waals surface area contributed by atoms with E-state index in [1.54, 1.807) is 17.0 Å². The molecule has 1 aromatic carbocycles. The Hall–Kier alpha value is -1.76. The highest BCUT2D eigenvalue weighted by atomic mass is 79.9. The van der Waals surface area contributed by atoms with Gasteiger partial charge in [0.25, 0.3) is 0 Å². The van der Waals surface area contributed by atoms with E-state index in [-0.39, 0.29) is 17.4 Å². The third-order valence-electron chi connectivity index (χ3n) is 3.50. The molecule has 0 aromatic heterocycles. The van der Waals surface area contributed by atoms with Crippen LogP contribution in [-0.2, 0) is 4.74 Å². The third kappa shape index (κ3) is 4.37. The zero-order valence-electron chi connectivity index (χ0n) is 13.5. The standard InChI is InChI=1S/C16H21BrN2O4/c1-16(2,3)23-15(22)19-6-4-18(5-7-19)13-9-14(21)11(10-20)8-12(13)17/h8-10,21H,4-7H2,1-3H3. The van der Waals surface area contributed by atoms with Crippen LogP contribution in [0.1, 0.15) is 31.1 Å². The second-order valence-electron chi connectivity index (χ2n) is 6.43. The molecule has 0 radical (unpaired) electrons. The summed E-state index contributed by atoms with van der Waals surface area (Å²) in [5.41, 5.74) is 0.540. The average molecular weight is 385 g/mol. The van der Waals surface area contributed by atoms with E-state index in [4.69, 9.17) is 4.74 Å². The van der Waals surface area contributed by atoms with Crippen LogP contribution in [0.4, 0.5) is 10.5 Å². The molecular formula is C16H21BrN2O4. The van der Waals surface area contributed by atoms with Crippen molar-refractivity contribution in [3.63, 3.8) is 0 Å². The molecule has 0 saturated carbocycles. The molecule has 0 atom stereocenters. The highest BCUT2D eigenvalue weighted by molar-refractivity contribution is 9.10. The fourth-order valence-corrected chi connectivity index (χ4v) is 2.97. The summed E-state index contributed by atoms with van der Waals surface area (Å²) >= 11 is 3.42. The van der Waals surface area contributed by atoms with Crippen LogP contribution in [-0.4, -0.2) is 54.2 Å². The Labute approximate surface area is 144 Å². The Bertz CT molecular complexity index is 605. The van der Waals surface area contributed by atoms with E-state index >= 15 is 0 Å². The van der Waals surface area contributed by atoms with E-state index < -0.39 is 5.60 Å². The highest BCUT2D eigenvalue weighted by Crippen LogP contribution is 2.33. The van der Waals surface area contributed by atoms with Gasteiger partial charge in [0.2, 0.25) is 0 Å². The number of phenolic OH excluding ortho intramolecular Hbond substituents is 1. The number of benzene rings is 1. The minimum atomic E-state index is -0.506. The van der Waals surface area contributed by atoms with Crippen LogP contribution in [0.3, 0.4) is 0 Å². The summed E-state index contributed by atoms with van der Waals surface area (Å²) in [5.74, 6) is -0.0484. The number of rotatable bonds is 2. The Morgan fingerprint density at radius 1 is 1.26 bits per heavy atom. The van der Waals surface area contributed by atoms with E-state index in [1.165, 1.54) is 0 Å². The summed E-state index contributed by atoms with van der Waals surface area (Å²) in [5, 5.41) is 9.85. The molecule has 1 aromatic rings. The van der Waals surface area contributed by atoms with Crippen LogP contribution in [0, 0.1) is 0 Å². The van der Waals surface area contributed by atoms with Gasteiger partial charge in [-0.15, -0.1) is 0 Å². The normalized spacial score (nSPS) is 15.5. The van der Waals surface area contributed by atoms with E-state index in [0.29, 0.717) is 32.5 Å². The van der Waals surface area contributed by atoms with Crippen molar-refractivity contribution in [1.82, 2.24) is 4.90 Å². The number of anilines is 1. The molecule has 1 amide bonds. The number of aromatic hydroxyl groups is 1. The summed E-state index contributed by atoms with van der Waals surface area (Å²) < 4.78 is 6.11. The summed E-state index contributed by atoms with van der Waals surface area (Å²) in [6.07, 6.45) is 0.306. The maximum Gasteiger partial charge on any atom is 0.410 e. The fourth-order valence-electron chi connectivity index (χ4n) is 2.36. The Morgan fingerprint density at radius 2 is 1.87 bits per heavy atom. The number of amides is 1.